The zero-order valence-corrected chi connectivity index (χ0v) is 12.4. The number of aryl methyl sites for hydroxylation is 1. The standard InChI is InChI=1S/C11H21N3O4S/c1-4-17-11(18-5-2)10-9-14(13-12-10)7-6-8-19(3,15)16/h9,11H,4-8H2,1-3H3. The Morgan fingerprint density at radius 1 is 1.32 bits per heavy atom. The van der Waals surface area contributed by atoms with Gasteiger partial charge in [0.2, 0.25) is 6.29 Å². The third kappa shape index (κ3) is 6.13. The van der Waals surface area contributed by atoms with E-state index in [1.54, 1.807) is 10.9 Å². The van der Waals surface area contributed by atoms with Crippen LogP contribution < -0.4 is 0 Å². The quantitative estimate of drug-likeness (QED) is 0.625. The Hall–Kier alpha value is -0.990. The maximum atomic E-state index is 11.0. The van der Waals surface area contributed by atoms with Crippen molar-refractivity contribution in [3.8, 4) is 0 Å². The molecule has 0 atom stereocenters. The van der Waals surface area contributed by atoms with E-state index in [1.165, 1.54) is 6.26 Å². The van der Waals surface area contributed by atoms with Crippen molar-refractivity contribution < 1.29 is 17.9 Å². The van der Waals surface area contributed by atoms with Crippen LogP contribution in [0.3, 0.4) is 0 Å². The van der Waals surface area contributed by atoms with Gasteiger partial charge in [0.25, 0.3) is 0 Å². The molecule has 7 nitrogen and oxygen atoms in total. The van der Waals surface area contributed by atoms with E-state index >= 15 is 0 Å². The molecule has 0 N–H and O–H groups in total. The van der Waals surface area contributed by atoms with Gasteiger partial charge in [-0.15, -0.1) is 5.10 Å². The summed E-state index contributed by atoms with van der Waals surface area (Å²) < 4.78 is 34.5. The van der Waals surface area contributed by atoms with Crippen molar-refractivity contribution in [1.29, 1.82) is 0 Å². The molecule has 0 bridgehead atoms. The maximum absolute atomic E-state index is 11.0. The molecule has 0 radical (unpaired) electrons. The minimum absolute atomic E-state index is 0.141. The summed E-state index contributed by atoms with van der Waals surface area (Å²) in [6, 6.07) is 0. The van der Waals surface area contributed by atoms with Crippen molar-refractivity contribution in [2.45, 2.75) is 33.1 Å². The molecule has 0 amide bonds. The van der Waals surface area contributed by atoms with E-state index < -0.39 is 16.1 Å². The molecule has 0 aliphatic rings. The fourth-order valence-corrected chi connectivity index (χ4v) is 2.19. The maximum Gasteiger partial charge on any atom is 0.204 e. The fraction of sp³-hybridized carbons (Fsp3) is 0.818. The molecule has 8 heteroatoms. The summed E-state index contributed by atoms with van der Waals surface area (Å²) in [6.45, 7) is 5.30. The van der Waals surface area contributed by atoms with Gasteiger partial charge < -0.3 is 9.47 Å². The van der Waals surface area contributed by atoms with Gasteiger partial charge in [-0.2, -0.15) is 0 Å². The second-order valence-corrected chi connectivity index (χ2v) is 6.39. The van der Waals surface area contributed by atoms with Crippen molar-refractivity contribution in [1.82, 2.24) is 15.0 Å². The average molecular weight is 291 g/mol. The second-order valence-electron chi connectivity index (χ2n) is 4.13. The SMILES string of the molecule is CCOC(OCC)c1cn(CCCS(C)(=O)=O)nn1. The minimum Gasteiger partial charge on any atom is -0.347 e. The molecule has 19 heavy (non-hydrogen) atoms. The number of nitrogens with zero attached hydrogens (tertiary/aromatic N) is 3. The summed E-state index contributed by atoms with van der Waals surface area (Å²) in [4.78, 5) is 0. The lowest BCUT2D eigenvalue weighted by Crippen LogP contribution is -2.09. The number of sulfone groups is 1. The molecule has 0 aromatic carbocycles. The Morgan fingerprint density at radius 2 is 1.95 bits per heavy atom. The second kappa shape index (κ2) is 7.56. The van der Waals surface area contributed by atoms with Gasteiger partial charge in [-0.3, -0.25) is 4.68 Å². The molecule has 0 saturated carbocycles. The summed E-state index contributed by atoms with van der Waals surface area (Å²) >= 11 is 0. The molecule has 1 aromatic rings. The average Bonchev–Trinajstić information content (AvgIpc) is 2.76. The van der Waals surface area contributed by atoms with Crippen LogP contribution in [0.15, 0.2) is 6.20 Å². The zero-order valence-electron chi connectivity index (χ0n) is 11.6. The Bertz CT molecular complexity index is 466. The molecular formula is C11H21N3O4S. The molecule has 110 valence electrons. The van der Waals surface area contributed by atoms with Gasteiger partial charge in [-0.25, -0.2) is 8.42 Å². The molecule has 1 rings (SSSR count). The van der Waals surface area contributed by atoms with E-state index in [9.17, 15) is 8.42 Å². The van der Waals surface area contributed by atoms with Crippen LogP contribution in [0.5, 0.6) is 0 Å². The Balaban J connectivity index is 2.55. The Kier molecular flexibility index (Phi) is 6.40. The fourth-order valence-electron chi connectivity index (χ4n) is 1.54. The van der Waals surface area contributed by atoms with Gasteiger partial charge in [0, 0.05) is 26.0 Å². The lowest BCUT2D eigenvalue weighted by molar-refractivity contribution is -0.142. The third-order valence-corrected chi connectivity index (χ3v) is 3.37. The predicted molar refractivity (Wildman–Crippen MR) is 70.3 cm³/mol. The highest BCUT2D eigenvalue weighted by Crippen LogP contribution is 2.15. The molecule has 0 fully saturated rings. The van der Waals surface area contributed by atoms with Crippen LogP contribution in [0.2, 0.25) is 0 Å². The van der Waals surface area contributed by atoms with Crippen LogP contribution in [0.4, 0.5) is 0 Å². The molecule has 0 unspecified atom stereocenters. The number of hydrogen-bond acceptors (Lipinski definition) is 6. The number of rotatable bonds is 9. The van der Waals surface area contributed by atoms with Gasteiger partial charge in [0.05, 0.1) is 11.9 Å². The molecule has 0 aliphatic heterocycles. The van der Waals surface area contributed by atoms with Gasteiger partial charge in [-0.05, 0) is 20.3 Å². The first-order valence-corrected chi connectivity index (χ1v) is 8.33. The van der Waals surface area contributed by atoms with Crippen molar-refractivity contribution in [3.63, 3.8) is 0 Å². The topological polar surface area (TPSA) is 83.3 Å². The van der Waals surface area contributed by atoms with Crippen LogP contribution >= 0.6 is 0 Å². The lowest BCUT2D eigenvalue weighted by Gasteiger charge is -2.13. The highest BCUT2D eigenvalue weighted by molar-refractivity contribution is 7.90. The van der Waals surface area contributed by atoms with Gasteiger partial charge >= 0.3 is 0 Å². The van der Waals surface area contributed by atoms with E-state index in [2.05, 4.69) is 10.3 Å². The lowest BCUT2D eigenvalue weighted by atomic mass is 10.4. The molecule has 1 heterocycles. The molecule has 0 aliphatic carbocycles. The number of hydrogen-bond donors (Lipinski definition) is 0. The summed E-state index contributed by atoms with van der Waals surface area (Å²) in [5, 5.41) is 7.92. The highest BCUT2D eigenvalue weighted by Gasteiger charge is 2.15. The van der Waals surface area contributed by atoms with Crippen LogP contribution in [0.1, 0.15) is 32.3 Å². The minimum atomic E-state index is -2.93. The predicted octanol–water partition coefficient (Wildman–Crippen LogP) is 0.784. The number of ether oxygens (including phenoxy) is 2. The van der Waals surface area contributed by atoms with E-state index in [4.69, 9.17) is 9.47 Å². The molecule has 1 aromatic heterocycles. The van der Waals surface area contributed by atoms with Crippen molar-refractivity contribution in [2.24, 2.45) is 0 Å². The van der Waals surface area contributed by atoms with E-state index in [0.29, 0.717) is 31.9 Å². The summed E-state index contributed by atoms with van der Waals surface area (Å²) in [6.07, 6.45) is 2.94. The summed E-state index contributed by atoms with van der Waals surface area (Å²) in [5.74, 6) is 0.141. The van der Waals surface area contributed by atoms with Crippen molar-refractivity contribution in [2.75, 3.05) is 25.2 Å². The smallest absolute Gasteiger partial charge is 0.204 e. The van der Waals surface area contributed by atoms with E-state index in [-0.39, 0.29) is 5.75 Å². The molecular weight excluding hydrogens is 270 g/mol. The first-order valence-electron chi connectivity index (χ1n) is 6.27. The Labute approximate surface area is 113 Å². The van der Waals surface area contributed by atoms with Crippen LogP contribution in [-0.2, 0) is 25.9 Å². The summed E-state index contributed by atoms with van der Waals surface area (Å²) in [5.41, 5.74) is 0.600. The molecule has 0 saturated heterocycles. The number of aromatic nitrogens is 3. The largest absolute Gasteiger partial charge is 0.347 e. The monoisotopic (exact) mass is 291 g/mol. The van der Waals surface area contributed by atoms with Gasteiger partial charge in [0.1, 0.15) is 15.5 Å². The van der Waals surface area contributed by atoms with Crippen LogP contribution in [0, 0.1) is 0 Å². The van der Waals surface area contributed by atoms with E-state index in [1.807, 2.05) is 13.8 Å². The van der Waals surface area contributed by atoms with Crippen molar-refractivity contribution in [3.05, 3.63) is 11.9 Å². The highest BCUT2D eigenvalue weighted by atomic mass is 32.2. The van der Waals surface area contributed by atoms with Crippen LogP contribution in [0.25, 0.3) is 0 Å². The van der Waals surface area contributed by atoms with Gasteiger partial charge in [-0.1, -0.05) is 5.21 Å². The first-order chi connectivity index (χ1) is 8.96. The summed E-state index contributed by atoms with van der Waals surface area (Å²) in [7, 11) is -2.93. The zero-order chi connectivity index (χ0) is 14.3. The van der Waals surface area contributed by atoms with Crippen LogP contribution in [-0.4, -0.2) is 48.6 Å². The third-order valence-electron chi connectivity index (χ3n) is 2.34. The van der Waals surface area contributed by atoms with Crippen molar-refractivity contribution >= 4 is 9.84 Å². The Morgan fingerprint density at radius 3 is 2.47 bits per heavy atom. The molecule has 0 spiro atoms. The first kappa shape index (κ1) is 16.1. The van der Waals surface area contributed by atoms with E-state index in [0.717, 1.165) is 0 Å². The normalized spacial score (nSPS) is 12.2. The van der Waals surface area contributed by atoms with Gasteiger partial charge in [0.15, 0.2) is 0 Å².